The van der Waals surface area contributed by atoms with Crippen molar-refractivity contribution in [3.05, 3.63) is 34.3 Å². The second-order valence-electron chi connectivity index (χ2n) is 5.72. The fourth-order valence-electron chi connectivity index (χ4n) is 1.81. The van der Waals surface area contributed by atoms with Gasteiger partial charge in [0, 0.05) is 10.5 Å². The quantitative estimate of drug-likeness (QED) is 0.717. The number of halogens is 1. The minimum absolute atomic E-state index is 0.0718. The van der Waals surface area contributed by atoms with Crippen molar-refractivity contribution < 1.29 is 9.59 Å². The molecule has 6 heteroatoms. The van der Waals surface area contributed by atoms with Gasteiger partial charge in [0.25, 0.3) is 0 Å². The second-order valence-corrected chi connectivity index (χ2v) is 6.64. The van der Waals surface area contributed by atoms with Crippen molar-refractivity contribution in [2.75, 3.05) is 0 Å². The van der Waals surface area contributed by atoms with Gasteiger partial charge in [0.2, 0.25) is 11.8 Å². The van der Waals surface area contributed by atoms with E-state index in [2.05, 4.69) is 26.6 Å². The molecule has 1 aromatic carbocycles. The lowest BCUT2D eigenvalue weighted by molar-refractivity contribution is -0.131. The number of hydrogen-bond acceptors (Lipinski definition) is 3. The SMILES string of the molecule is CCC(C)NC(=O)C(C)NC(=O)C(C)(N)c1ccc(Br)cc1. The summed E-state index contributed by atoms with van der Waals surface area (Å²) < 4.78 is 0.911. The lowest BCUT2D eigenvalue weighted by atomic mass is 9.92. The molecule has 22 heavy (non-hydrogen) atoms. The fourth-order valence-corrected chi connectivity index (χ4v) is 2.07. The van der Waals surface area contributed by atoms with Crippen molar-refractivity contribution >= 4 is 27.7 Å². The molecule has 0 fully saturated rings. The molecule has 0 saturated carbocycles. The zero-order chi connectivity index (χ0) is 16.9. The Bertz CT molecular complexity index is 529. The van der Waals surface area contributed by atoms with Gasteiger partial charge in [0.1, 0.15) is 11.6 Å². The number of nitrogens with one attached hydrogen (secondary N) is 2. The Morgan fingerprint density at radius 2 is 1.77 bits per heavy atom. The zero-order valence-electron chi connectivity index (χ0n) is 13.4. The summed E-state index contributed by atoms with van der Waals surface area (Å²) in [7, 11) is 0. The average molecular weight is 370 g/mol. The third-order valence-corrected chi connectivity index (χ3v) is 4.19. The van der Waals surface area contributed by atoms with E-state index in [0.29, 0.717) is 5.56 Å². The number of amides is 2. The van der Waals surface area contributed by atoms with Crippen molar-refractivity contribution in [1.29, 1.82) is 0 Å². The molecule has 0 spiro atoms. The Morgan fingerprint density at radius 3 is 2.27 bits per heavy atom. The number of benzene rings is 1. The topological polar surface area (TPSA) is 84.2 Å². The van der Waals surface area contributed by atoms with Gasteiger partial charge in [-0.2, -0.15) is 0 Å². The standard InChI is InChI=1S/C16H24BrN3O2/c1-5-10(2)19-14(21)11(3)20-15(22)16(4,18)12-6-8-13(17)9-7-12/h6-11H,5,18H2,1-4H3,(H,19,21)(H,20,22). The Hall–Kier alpha value is -1.40. The maximum absolute atomic E-state index is 12.4. The van der Waals surface area contributed by atoms with Gasteiger partial charge >= 0.3 is 0 Å². The molecule has 122 valence electrons. The van der Waals surface area contributed by atoms with Gasteiger partial charge < -0.3 is 16.4 Å². The summed E-state index contributed by atoms with van der Waals surface area (Å²) in [6, 6.07) is 6.66. The third-order valence-electron chi connectivity index (χ3n) is 3.66. The van der Waals surface area contributed by atoms with Crippen LogP contribution in [0.2, 0.25) is 0 Å². The van der Waals surface area contributed by atoms with Crippen molar-refractivity contribution in [2.45, 2.75) is 51.7 Å². The lowest BCUT2D eigenvalue weighted by Crippen LogP contribution is -2.55. The molecular weight excluding hydrogens is 346 g/mol. The molecule has 2 amide bonds. The second kappa shape index (κ2) is 7.74. The molecule has 0 bridgehead atoms. The van der Waals surface area contributed by atoms with Crippen molar-refractivity contribution in [3.8, 4) is 0 Å². The molecule has 4 N–H and O–H groups in total. The smallest absolute Gasteiger partial charge is 0.245 e. The van der Waals surface area contributed by atoms with E-state index < -0.39 is 11.6 Å². The average Bonchev–Trinajstić information content (AvgIpc) is 2.47. The van der Waals surface area contributed by atoms with Crippen LogP contribution in [0.1, 0.15) is 39.7 Å². The monoisotopic (exact) mass is 369 g/mol. The number of nitrogens with two attached hydrogens (primary N) is 1. The van der Waals surface area contributed by atoms with Gasteiger partial charge in [-0.1, -0.05) is 35.0 Å². The van der Waals surface area contributed by atoms with Crippen LogP contribution in [0.4, 0.5) is 0 Å². The van der Waals surface area contributed by atoms with Crippen LogP contribution in [0.25, 0.3) is 0 Å². The van der Waals surface area contributed by atoms with Gasteiger partial charge in [-0.3, -0.25) is 9.59 Å². The molecular formula is C16H24BrN3O2. The first-order chi connectivity index (χ1) is 10.2. The summed E-state index contributed by atoms with van der Waals surface area (Å²) in [6.07, 6.45) is 0.833. The molecule has 1 rings (SSSR count). The Kier molecular flexibility index (Phi) is 6.56. The highest BCUT2D eigenvalue weighted by Gasteiger charge is 2.32. The normalized spacial score (nSPS) is 16.3. The van der Waals surface area contributed by atoms with E-state index in [-0.39, 0.29) is 17.9 Å². The molecule has 0 radical (unpaired) electrons. The van der Waals surface area contributed by atoms with Crippen molar-refractivity contribution in [3.63, 3.8) is 0 Å². The van der Waals surface area contributed by atoms with Gasteiger partial charge in [-0.05, 0) is 44.9 Å². The van der Waals surface area contributed by atoms with E-state index in [1.165, 1.54) is 0 Å². The zero-order valence-corrected chi connectivity index (χ0v) is 15.0. The number of hydrogen-bond donors (Lipinski definition) is 3. The van der Waals surface area contributed by atoms with Crippen LogP contribution >= 0.6 is 15.9 Å². The molecule has 0 heterocycles. The molecule has 0 aliphatic rings. The minimum Gasteiger partial charge on any atom is -0.352 e. The van der Waals surface area contributed by atoms with Crippen LogP contribution < -0.4 is 16.4 Å². The molecule has 0 aliphatic carbocycles. The summed E-state index contributed by atoms with van der Waals surface area (Å²) in [5.74, 6) is -0.601. The van der Waals surface area contributed by atoms with E-state index in [1.807, 2.05) is 26.0 Å². The van der Waals surface area contributed by atoms with Crippen LogP contribution in [0, 0.1) is 0 Å². The van der Waals surface area contributed by atoms with E-state index in [0.717, 1.165) is 10.9 Å². The van der Waals surface area contributed by atoms with Gasteiger partial charge in [0.15, 0.2) is 0 Å². The Morgan fingerprint density at radius 1 is 1.23 bits per heavy atom. The minimum atomic E-state index is -1.20. The molecule has 3 unspecified atom stereocenters. The van der Waals surface area contributed by atoms with Gasteiger partial charge in [0.05, 0.1) is 0 Å². The summed E-state index contributed by atoms with van der Waals surface area (Å²) in [5.41, 5.74) is 5.63. The summed E-state index contributed by atoms with van der Waals surface area (Å²) >= 11 is 3.34. The number of rotatable bonds is 6. The van der Waals surface area contributed by atoms with Crippen LogP contribution in [0.3, 0.4) is 0 Å². The first-order valence-corrected chi connectivity index (χ1v) is 8.14. The van der Waals surface area contributed by atoms with Crippen LogP contribution in [0.15, 0.2) is 28.7 Å². The largest absolute Gasteiger partial charge is 0.352 e. The van der Waals surface area contributed by atoms with Crippen LogP contribution in [-0.4, -0.2) is 23.9 Å². The first-order valence-electron chi connectivity index (χ1n) is 7.34. The molecule has 1 aromatic rings. The highest BCUT2D eigenvalue weighted by Crippen LogP contribution is 2.20. The third kappa shape index (κ3) is 4.81. The summed E-state index contributed by atoms with van der Waals surface area (Å²) in [4.78, 5) is 24.4. The lowest BCUT2D eigenvalue weighted by Gasteiger charge is -2.26. The van der Waals surface area contributed by atoms with Crippen molar-refractivity contribution in [2.24, 2.45) is 5.73 Å². The molecule has 0 saturated heterocycles. The highest BCUT2D eigenvalue weighted by atomic mass is 79.9. The maximum Gasteiger partial charge on any atom is 0.245 e. The van der Waals surface area contributed by atoms with E-state index >= 15 is 0 Å². The Labute approximate surface area is 140 Å². The highest BCUT2D eigenvalue weighted by molar-refractivity contribution is 9.10. The number of carbonyl (C=O) groups is 2. The predicted octanol–water partition coefficient (Wildman–Crippen LogP) is 2.04. The van der Waals surface area contributed by atoms with Crippen molar-refractivity contribution in [1.82, 2.24) is 10.6 Å². The fraction of sp³-hybridized carbons (Fsp3) is 0.500. The van der Waals surface area contributed by atoms with E-state index in [9.17, 15) is 9.59 Å². The van der Waals surface area contributed by atoms with Crippen LogP contribution in [-0.2, 0) is 15.1 Å². The Balaban J connectivity index is 2.74. The van der Waals surface area contributed by atoms with E-state index in [1.54, 1.807) is 26.0 Å². The molecule has 0 aromatic heterocycles. The van der Waals surface area contributed by atoms with E-state index in [4.69, 9.17) is 5.73 Å². The first kappa shape index (κ1) is 18.6. The predicted molar refractivity (Wildman–Crippen MR) is 91.2 cm³/mol. The summed E-state index contributed by atoms with van der Waals surface area (Å²) in [5, 5.41) is 5.51. The molecule has 0 aliphatic heterocycles. The van der Waals surface area contributed by atoms with Crippen LogP contribution in [0.5, 0.6) is 0 Å². The summed E-state index contributed by atoms with van der Waals surface area (Å²) in [6.45, 7) is 7.18. The van der Waals surface area contributed by atoms with Gasteiger partial charge in [-0.25, -0.2) is 0 Å². The molecule has 5 nitrogen and oxygen atoms in total. The molecule has 3 atom stereocenters. The van der Waals surface area contributed by atoms with Gasteiger partial charge in [-0.15, -0.1) is 0 Å². The number of carbonyl (C=O) groups excluding carboxylic acids is 2. The maximum atomic E-state index is 12.4.